The maximum atomic E-state index is 11.4. The molecular formula is C9H11NO4. The molecule has 2 atom stereocenters. The summed E-state index contributed by atoms with van der Waals surface area (Å²) >= 11 is 0. The summed E-state index contributed by atoms with van der Waals surface area (Å²) in [6, 6.07) is -0.248. The van der Waals surface area contributed by atoms with Crippen LogP contribution in [0.1, 0.15) is 12.8 Å². The standard InChI is InChI=1S/C9H11NO4/c1-14-9(13)6-5-3-2-4-10(5)8(12)7(6)11/h5-6H,2-4H2,1H3. The number of ketones is 1. The molecule has 0 saturated carbocycles. The van der Waals surface area contributed by atoms with E-state index in [0.29, 0.717) is 6.54 Å². The van der Waals surface area contributed by atoms with E-state index in [1.165, 1.54) is 12.0 Å². The van der Waals surface area contributed by atoms with E-state index in [4.69, 9.17) is 0 Å². The lowest BCUT2D eigenvalue weighted by Crippen LogP contribution is -2.32. The zero-order valence-electron chi connectivity index (χ0n) is 7.86. The fourth-order valence-corrected chi connectivity index (χ4v) is 2.23. The average molecular weight is 197 g/mol. The highest BCUT2D eigenvalue weighted by molar-refractivity contribution is 6.42. The predicted octanol–water partition coefficient (Wildman–Crippen LogP) is -0.651. The van der Waals surface area contributed by atoms with E-state index in [-0.39, 0.29) is 6.04 Å². The molecule has 0 bridgehead atoms. The van der Waals surface area contributed by atoms with E-state index >= 15 is 0 Å². The second-order valence-corrected chi connectivity index (χ2v) is 3.57. The summed E-state index contributed by atoms with van der Waals surface area (Å²) in [4.78, 5) is 35.6. The molecule has 2 aliphatic rings. The number of fused-ring (bicyclic) bond motifs is 1. The topological polar surface area (TPSA) is 63.7 Å². The van der Waals surface area contributed by atoms with Crippen molar-refractivity contribution < 1.29 is 19.1 Å². The highest BCUT2D eigenvalue weighted by atomic mass is 16.5. The second-order valence-electron chi connectivity index (χ2n) is 3.57. The molecule has 0 spiro atoms. The smallest absolute Gasteiger partial charge is 0.318 e. The van der Waals surface area contributed by atoms with Gasteiger partial charge in [0.1, 0.15) is 5.92 Å². The number of nitrogens with zero attached hydrogens (tertiary/aromatic N) is 1. The molecule has 2 heterocycles. The van der Waals surface area contributed by atoms with Crippen molar-refractivity contribution in [3.63, 3.8) is 0 Å². The minimum Gasteiger partial charge on any atom is -0.468 e. The number of Topliss-reactive ketones (excluding diaryl/α,β-unsaturated/α-hetero) is 1. The minimum atomic E-state index is -0.880. The number of rotatable bonds is 1. The van der Waals surface area contributed by atoms with Gasteiger partial charge >= 0.3 is 5.97 Å². The van der Waals surface area contributed by atoms with Gasteiger partial charge in [-0.15, -0.1) is 0 Å². The van der Waals surface area contributed by atoms with Crippen molar-refractivity contribution in [2.45, 2.75) is 18.9 Å². The molecule has 0 aliphatic carbocycles. The quantitative estimate of drug-likeness (QED) is 0.318. The fraction of sp³-hybridized carbons (Fsp3) is 0.667. The molecule has 5 nitrogen and oxygen atoms in total. The molecule has 0 aromatic heterocycles. The molecule has 14 heavy (non-hydrogen) atoms. The summed E-state index contributed by atoms with van der Waals surface area (Å²) in [6.45, 7) is 0.586. The molecule has 76 valence electrons. The number of ether oxygens (including phenoxy) is 1. The number of hydrogen-bond acceptors (Lipinski definition) is 4. The number of amides is 1. The van der Waals surface area contributed by atoms with Crippen molar-refractivity contribution in [3.8, 4) is 0 Å². The van der Waals surface area contributed by atoms with Crippen LogP contribution in [0.2, 0.25) is 0 Å². The molecule has 2 aliphatic heterocycles. The summed E-state index contributed by atoms with van der Waals surface area (Å²) < 4.78 is 4.52. The predicted molar refractivity (Wildman–Crippen MR) is 45.2 cm³/mol. The van der Waals surface area contributed by atoms with Crippen molar-refractivity contribution in [2.24, 2.45) is 5.92 Å². The zero-order chi connectivity index (χ0) is 10.3. The molecular weight excluding hydrogens is 186 g/mol. The lowest BCUT2D eigenvalue weighted by atomic mass is 9.97. The first-order chi connectivity index (χ1) is 6.66. The number of esters is 1. The molecule has 2 saturated heterocycles. The van der Waals surface area contributed by atoms with Crippen molar-refractivity contribution in [1.29, 1.82) is 0 Å². The molecule has 2 unspecified atom stereocenters. The van der Waals surface area contributed by atoms with Gasteiger partial charge in [0, 0.05) is 6.54 Å². The first-order valence-electron chi connectivity index (χ1n) is 4.59. The van der Waals surface area contributed by atoms with E-state index in [0.717, 1.165) is 12.8 Å². The molecule has 2 fully saturated rings. The van der Waals surface area contributed by atoms with Gasteiger partial charge < -0.3 is 9.64 Å². The van der Waals surface area contributed by atoms with Crippen molar-refractivity contribution in [3.05, 3.63) is 0 Å². The summed E-state index contributed by atoms with van der Waals surface area (Å²) in [5.74, 6) is -2.60. The Kier molecular flexibility index (Phi) is 2.02. The normalized spacial score (nSPS) is 30.8. The van der Waals surface area contributed by atoms with Gasteiger partial charge in [-0.2, -0.15) is 0 Å². The van der Waals surface area contributed by atoms with Gasteiger partial charge in [0.25, 0.3) is 5.91 Å². The zero-order valence-corrected chi connectivity index (χ0v) is 7.86. The van der Waals surface area contributed by atoms with Crippen LogP contribution in [0, 0.1) is 5.92 Å². The highest BCUT2D eigenvalue weighted by Gasteiger charge is 2.53. The van der Waals surface area contributed by atoms with Gasteiger partial charge in [-0.3, -0.25) is 14.4 Å². The van der Waals surface area contributed by atoms with Crippen LogP contribution >= 0.6 is 0 Å². The van der Waals surface area contributed by atoms with E-state index in [1.807, 2.05) is 0 Å². The van der Waals surface area contributed by atoms with Gasteiger partial charge in [-0.25, -0.2) is 0 Å². The number of carbonyl (C=O) groups excluding carboxylic acids is 3. The SMILES string of the molecule is COC(=O)C1C(=O)C(=O)N2CCCC12. The molecule has 5 heteroatoms. The maximum Gasteiger partial charge on any atom is 0.318 e. The Bertz CT molecular complexity index is 312. The van der Waals surface area contributed by atoms with Crippen LogP contribution in [0.3, 0.4) is 0 Å². The van der Waals surface area contributed by atoms with Crippen LogP contribution in [-0.2, 0) is 19.1 Å². The Morgan fingerprint density at radius 1 is 1.50 bits per heavy atom. The van der Waals surface area contributed by atoms with E-state index < -0.39 is 23.6 Å². The van der Waals surface area contributed by atoms with Crippen LogP contribution in [-0.4, -0.2) is 42.3 Å². The van der Waals surface area contributed by atoms with Crippen LogP contribution in [0.5, 0.6) is 0 Å². The number of carbonyl (C=O) groups is 3. The largest absolute Gasteiger partial charge is 0.468 e. The Morgan fingerprint density at radius 3 is 2.86 bits per heavy atom. The van der Waals surface area contributed by atoms with Gasteiger partial charge in [-0.05, 0) is 12.8 Å². The first kappa shape index (κ1) is 9.18. The molecule has 0 N–H and O–H groups in total. The maximum absolute atomic E-state index is 11.4. The first-order valence-corrected chi connectivity index (χ1v) is 4.59. The van der Waals surface area contributed by atoms with Crippen LogP contribution in [0.15, 0.2) is 0 Å². The van der Waals surface area contributed by atoms with Gasteiger partial charge in [0.15, 0.2) is 0 Å². The van der Waals surface area contributed by atoms with Gasteiger partial charge in [0.05, 0.1) is 13.2 Å². The molecule has 0 aromatic rings. The van der Waals surface area contributed by atoms with Crippen molar-refractivity contribution in [2.75, 3.05) is 13.7 Å². The molecule has 0 radical (unpaired) electrons. The lowest BCUT2D eigenvalue weighted by Gasteiger charge is -2.16. The third kappa shape index (κ3) is 1.05. The third-order valence-corrected chi connectivity index (χ3v) is 2.89. The lowest BCUT2D eigenvalue weighted by molar-refractivity contribution is -0.150. The molecule has 0 aromatic carbocycles. The Morgan fingerprint density at radius 2 is 2.21 bits per heavy atom. The van der Waals surface area contributed by atoms with Crippen LogP contribution in [0.4, 0.5) is 0 Å². The van der Waals surface area contributed by atoms with Gasteiger partial charge in [-0.1, -0.05) is 0 Å². The fourth-order valence-electron chi connectivity index (χ4n) is 2.23. The van der Waals surface area contributed by atoms with Crippen molar-refractivity contribution in [1.82, 2.24) is 4.90 Å². The highest BCUT2D eigenvalue weighted by Crippen LogP contribution is 2.32. The van der Waals surface area contributed by atoms with Crippen molar-refractivity contribution >= 4 is 17.7 Å². The average Bonchev–Trinajstić information content (AvgIpc) is 2.72. The van der Waals surface area contributed by atoms with Crippen LogP contribution < -0.4 is 0 Å². The number of methoxy groups -OCH3 is 1. The minimum absolute atomic E-state index is 0.248. The second kappa shape index (κ2) is 3.08. The molecule has 2 rings (SSSR count). The summed E-state index contributed by atoms with van der Waals surface area (Å²) in [5, 5.41) is 0. The Balaban J connectivity index is 2.28. The van der Waals surface area contributed by atoms with Crippen LogP contribution in [0.25, 0.3) is 0 Å². The van der Waals surface area contributed by atoms with Gasteiger partial charge in [0.2, 0.25) is 5.78 Å². The Labute approximate surface area is 81.0 Å². The monoisotopic (exact) mass is 197 g/mol. The third-order valence-electron chi connectivity index (χ3n) is 2.89. The molecule has 1 amide bonds. The number of hydrogen-bond donors (Lipinski definition) is 0. The van der Waals surface area contributed by atoms with E-state index in [2.05, 4.69) is 4.74 Å². The summed E-state index contributed by atoms with van der Waals surface area (Å²) in [5.41, 5.74) is 0. The summed E-state index contributed by atoms with van der Waals surface area (Å²) in [7, 11) is 1.23. The van der Waals surface area contributed by atoms with E-state index in [1.54, 1.807) is 0 Å². The Hall–Kier alpha value is -1.39. The van der Waals surface area contributed by atoms with E-state index in [9.17, 15) is 14.4 Å². The summed E-state index contributed by atoms with van der Waals surface area (Å²) in [6.07, 6.45) is 1.58.